The number of nitrogens with zero attached hydrogens (tertiary/aromatic N) is 2. The molecular weight excluding hydrogens is 266 g/mol. The summed E-state index contributed by atoms with van der Waals surface area (Å²) in [4.78, 5) is 4.73. The Bertz CT molecular complexity index is 839. The van der Waals surface area contributed by atoms with Gasteiger partial charge in [0.15, 0.2) is 11.5 Å². The number of aromatic nitrogens is 2. The SMILES string of the molecule is Cn1c(-c2ccc3c(c2)OCO3)nc2cc(CN)ccc21. The van der Waals surface area contributed by atoms with Crippen molar-refractivity contribution in [3.05, 3.63) is 42.0 Å². The summed E-state index contributed by atoms with van der Waals surface area (Å²) in [5, 5.41) is 0. The molecule has 1 aliphatic heterocycles. The second-order valence-electron chi connectivity index (χ2n) is 5.09. The molecule has 2 N–H and O–H groups in total. The molecule has 1 aliphatic rings. The number of hydrogen-bond donors (Lipinski definition) is 1. The quantitative estimate of drug-likeness (QED) is 0.783. The first-order chi connectivity index (χ1) is 10.3. The van der Waals surface area contributed by atoms with Gasteiger partial charge in [-0.05, 0) is 35.9 Å². The van der Waals surface area contributed by atoms with Gasteiger partial charge in [-0.1, -0.05) is 6.07 Å². The average Bonchev–Trinajstić information content (AvgIpc) is 3.10. The van der Waals surface area contributed by atoms with Crippen LogP contribution in [0.5, 0.6) is 11.5 Å². The Morgan fingerprint density at radius 1 is 1.14 bits per heavy atom. The van der Waals surface area contributed by atoms with Crippen LogP contribution < -0.4 is 15.2 Å². The van der Waals surface area contributed by atoms with Crippen molar-refractivity contribution in [2.45, 2.75) is 6.54 Å². The molecule has 0 radical (unpaired) electrons. The molecule has 0 atom stereocenters. The molecule has 0 saturated heterocycles. The van der Waals surface area contributed by atoms with E-state index in [1.165, 1.54) is 0 Å². The van der Waals surface area contributed by atoms with Gasteiger partial charge in [-0.3, -0.25) is 0 Å². The molecule has 2 aromatic carbocycles. The first-order valence-electron chi connectivity index (χ1n) is 6.82. The summed E-state index contributed by atoms with van der Waals surface area (Å²) in [5.74, 6) is 2.45. The first-order valence-corrected chi connectivity index (χ1v) is 6.82. The summed E-state index contributed by atoms with van der Waals surface area (Å²) < 4.78 is 12.9. The number of ether oxygens (including phenoxy) is 2. The molecular formula is C16H15N3O2. The summed E-state index contributed by atoms with van der Waals surface area (Å²) in [6, 6.07) is 12.0. The fourth-order valence-electron chi connectivity index (χ4n) is 2.67. The molecule has 1 aromatic heterocycles. The summed E-state index contributed by atoms with van der Waals surface area (Å²) in [7, 11) is 2.01. The molecule has 0 unspecified atom stereocenters. The summed E-state index contributed by atoms with van der Waals surface area (Å²) in [5.41, 5.74) is 9.82. The van der Waals surface area contributed by atoms with Gasteiger partial charge in [0.25, 0.3) is 0 Å². The highest BCUT2D eigenvalue weighted by Crippen LogP contribution is 2.36. The van der Waals surface area contributed by atoms with Crippen LogP contribution in [0.3, 0.4) is 0 Å². The molecule has 4 rings (SSSR count). The number of aryl methyl sites for hydroxylation is 1. The Balaban J connectivity index is 1.88. The summed E-state index contributed by atoms with van der Waals surface area (Å²) in [6.07, 6.45) is 0. The second-order valence-corrected chi connectivity index (χ2v) is 5.09. The maximum atomic E-state index is 5.69. The Labute approximate surface area is 121 Å². The standard InChI is InChI=1S/C16H15N3O2/c1-19-13-4-2-10(8-17)6-12(13)18-16(19)11-3-5-14-15(7-11)21-9-20-14/h2-7H,8-9,17H2,1H3. The minimum absolute atomic E-state index is 0.279. The Kier molecular flexibility index (Phi) is 2.62. The molecule has 5 nitrogen and oxygen atoms in total. The zero-order valence-electron chi connectivity index (χ0n) is 11.7. The summed E-state index contributed by atoms with van der Waals surface area (Å²) in [6.45, 7) is 0.799. The molecule has 2 heterocycles. The smallest absolute Gasteiger partial charge is 0.231 e. The minimum atomic E-state index is 0.279. The maximum absolute atomic E-state index is 5.69. The van der Waals surface area contributed by atoms with Crippen molar-refractivity contribution in [3.63, 3.8) is 0 Å². The van der Waals surface area contributed by atoms with Crippen molar-refractivity contribution in [1.29, 1.82) is 0 Å². The zero-order valence-corrected chi connectivity index (χ0v) is 11.7. The predicted octanol–water partition coefficient (Wildman–Crippen LogP) is 2.43. The minimum Gasteiger partial charge on any atom is -0.454 e. The normalized spacial score (nSPS) is 13.0. The topological polar surface area (TPSA) is 62.3 Å². The van der Waals surface area contributed by atoms with Gasteiger partial charge in [-0.25, -0.2) is 4.98 Å². The van der Waals surface area contributed by atoms with E-state index in [0.717, 1.165) is 39.5 Å². The lowest BCUT2D eigenvalue weighted by atomic mass is 10.2. The molecule has 0 fully saturated rings. The average molecular weight is 281 g/mol. The molecule has 0 saturated carbocycles. The van der Waals surface area contributed by atoms with Crippen molar-refractivity contribution in [2.75, 3.05) is 6.79 Å². The second kappa shape index (κ2) is 4.49. The molecule has 0 spiro atoms. The number of imidazole rings is 1. The third kappa shape index (κ3) is 1.86. The Morgan fingerprint density at radius 3 is 2.86 bits per heavy atom. The first kappa shape index (κ1) is 12.2. The van der Waals surface area contributed by atoms with Gasteiger partial charge in [-0.15, -0.1) is 0 Å². The van der Waals surface area contributed by atoms with Gasteiger partial charge in [-0.2, -0.15) is 0 Å². The molecule has 21 heavy (non-hydrogen) atoms. The number of rotatable bonds is 2. The van der Waals surface area contributed by atoms with Crippen LogP contribution in [-0.4, -0.2) is 16.3 Å². The lowest BCUT2D eigenvalue weighted by Gasteiger charge is -2.04. The van der Waals surface area contributed by atoms with Gasteiger partial charge in [0.2, 0.25) is 6.79 Å². The van der Waals surface area contributed by atoms with Gasteiger partial charge >= 0.3 is 0 Å². The monoisotopic (exact) mass is 281 g/mol. The van der Waals surface area contributed by atoms with Crippen LogP contribution in [0.15, 0.2) is 36.4 Å². The third-order valence-electron chi connectivity index (χ3n) is 3.81. The van der Waals surface area contributed by atoms with Crippen LogP contribution in [0, 0.1) is 0 Å². The molecule has 0 bridgehead atoms. The lowest BCUT2D eigenvalue weighted by molar-refractivity contribution is 0.174. The number of nitrogens with two attached hydrogens (primary N) is 1. The highest BCUT2D eigenvalue weighted by Gasteiger charge is 2.16. The molecule has 0 aliphatic carbocycles. The van der Waals surface area contributed by atoms with Crippen LogP contribution in [0.25, 0.3) is 22.4 Å². The van der Waals surface area contributed by atoms with Gasteiger partial charge in [0.1, 0.15) is 5.82 Å². The predicted molar refractivity (Wildman–Crippen MR) is 80.2 cm³/mol. The fourth-order valence-corrected chi connectivity index (χ4v) is 2.67. The van der Waals surface area contributed by atoms with Crippen molar-refractivity contribution in [1.82, 2.24) is 9.55 Å². The molecule has 0 amide bonds. The van der Waals surface area contributed by atoms with E-state index in [4.69, 9.17) is 20.2 Å². The maximum Gasteiger partial charge on any atom is 0.231 e. The number of fused-ring (bicyclic) bond motifs is 2. The van der Waals surface area contributed by atoms with Crippen molar-refractivity contribution >= 4 is 11.0 Å². The van der Waals surface area contributed by atoms with Crippen LogP contribution in [0.1, 0.15) is 5.56 Å². The van der Waals surface area contributed by atoms with Crippen molar-refractivity contribution < 1.29 is 9.47 Å². The van der Waals surface area contributed by atoms with E-state index in [-0.39, 0.29) is 6.79 Å². The molecule has 5 heteroatoms. The highest BCUT2D eigenvalue weighted by atomic mass is 16.7. The largest absolute Gasteiger partial charge is 0.454 e. The zero-order chi connectivity index (χ0) is 14.4. The third-order valence-corrected chi connectivity index (χ3v) is 3.81. The van der Waals surface area contributed by atoms with Crippen molar-refractivity contribution in [3.8, 4) is 22.9 Å². The van der Waals surface area contributed by atoms with E-state index in [9.17, 15) is 0 Å². The highest BCUT2D eigenvalue weighted by molar-refractivity contribution is 5.81. The van der Waals surface area contributed by atoms with Gasteiger partial charge in [0.05, 0.1) is 11.0 Å². The summed E-state index contributed by atoms with van der Waals surface area (Å²) >= 11 is 0. The van der Waals surface area contributed by atoms with Gasteiger partial charge < -0.3 is 19.8 Å². The Hall–Kier alpha value is -2.53. The van der Waals surface area contributed by atoms with Crippen LogP contribution >= 0.6 is 0 Å². The van der Waals surface area contributed by atoms with E-state index in [0.29, 0.717) is 6.54 Å². The van der Waals surface area contributed by atoms with Crippen LogP contribution in [-0.2, 0) is 13.6 Å². The van der Waals surface area contributed by atoms with E-state index in [1.807, 2.05) is 37.4 Å². The fraction of sp³-hybridized carbons (Fsp3) is 0.188. The van der Waals surface area contributed by atoms with E-state index < -0.39 is 0 Å². The lowest BCUT2D eigenvalue weighted by Crippen LogP contribution is -1.95. The van der Waals surface area contributed by atoms with E-state index >= 15 is 0 Å². The molecule has 106 valence electrons. The molecule has 3 aromatic rings. The van der Waals surface area contributed by atoms with Crippen LogP contribution in [0.2, 0.25) is 0 Å². The van der Waals surface area contributed by atoms with Crippen molar-refractivity contribution in [2.24, 2.45) is 12.8 Å². The van der Waals surface area contributed by atoms with E-state index in [2.05, 4.69) is 10.6 Å². The van der Waals surface area contributed by atoms with Crippen LogP contribution in [0.4, 0.5) is 0 Å². The number of hydrogen-bond acceptors (Lipinski definition) is 4. The van der Waals surface area contributed by atoms with Gasteiger partial charge in [0, 0.05) is 19.2 Å². The number of benzene rings is 2. The Morgan fingerprint density at radius 2 is 2.00 bits per heavy atom. The van der Waals surface area contributed by atoms with E-state index in [1.54, 1.807) is 0 Å².